The molecule has 3 rings (SSSR count). The Hall–Kier alpha value is -2.41. The van der Waals surface area contributed by atoms with Gasteiger partial charge in [0.1, 0.15) is 23.4 Å². The second kappa shape index (κ2) is 6.78. The first-order valence-electron chi connectivity index (χ1n) is 7.40. The molecule has 1 atom stereocenters. The van der Waals surface area contributed by atoms with Crippen molar-refractivity contribution in [3.05, 3.63) is 47.8 Å². The van der Waals surface area contributed by atoms with Crippen molar-refractivity contribution in [3.8, 4) is 5.75 Å². The Morgan fingerprint density at radius 3 is 3.17 bits per heavy atom. The first kappa shape index (κ1) is 15.5. The maximum atomic E-state index is 13.1. The van der Waals surface area contributed by atoms with E-state index in [1.807, 2.05) is 6.92 Å². The minimum Gasteiger partial charge on any atom is -0.484 e. The van der Waals surface area contributed by atoms with Crippen molar-refractivity contribution in [2.75, 3.05) is 26.4 Å². The van der Waals surface area contributed by atoms with Crippen LogP contribution < -0.4 is 4.74 Å². The third-order valence-corrected chi connectivity index (χ3v) is 3.65. The number of benzene rings is 1. The summed E-state index contributed by atoms with van der Waals surface area (Å²) in [4.78, 5) is 21.6. The van der Waals surface area contributed by atoms with Crippen molar-refractivity contribution >= 4 is 5.91 Å². The number of amides is 1. The number of imidazole rings is 1. The SMILES string of the molecule is Cc1cnc(C2COCCN2C(=O)COc2cccc(F)c2)[nH]1. The summed E-state index contributed by atoms with van der Waals surface area (Å²) in [5, 5.41) is 0. The number of halogens is 1. The minimum atomic E-state index is -0.398. The molecule has 1 fully saturated rings. The second-order valence-electron chi connectivity index (χ2n) is 5.38. The van der Waals surface area contributed by atoms with Crippen LogP contribution in [0.4, 0.5) is 4.39 Å². The summed E-state index contributed by atoms with van der Waals surface area (Å²) in [5.41, 5.74) is 0.925. The summed E-state index contributed by atoms with van der Waals surface area (Å²) in [6.45, 7) is 3.08. The van der Waals surface area contributed by atoms with Crippen molar-refractivity contribution in [1.29, 1.82) is 0 Å². The van der Waals surface area contributed by atoms with Gasteiger partial charge in [-0.2, -0.15) is 0 Å². The molecule has 0 radical (unpaired) electrons. The fourth-order valence-electron chi connectivity index (χ4n) is 2.52. The minimum absolute atomic E-state index is 0.153. The van der Waals surface area contributed by atoms with Crippen LogP contribution in [-0.2, 0) is 9.53 Å². The fraction of sp³-hybridized carbons (Fsp3) is 0.375. The maximum Gasteiger partial charge on any atom is 0.261 e. The topological polar surface area (TPSA) is 67.4 Å². The van der Waals surface area contributed by atoms with Gasteiger partial charge in [0.05, 0.1) is 13.2 Å². The van der Waals surface area contributed by atoms with Crippen LogP contribution in [0.5, 0.6) is 5.75 Å². The Balaban J connectivity index is 1.66. The van der Waals surface area contributed by atoms with Crippen LogP contribution in [0.3, 0.4) is 0 Å². The average molecular weight is 319 g/mol. The number of carbonyl (C=O) groups is 1. The largest absolute Gasteiger partial charge is 0.484 e. The van der Waals surface area contributed by atoms with Gasteiger partial charge in [-0.3, -0.25) is 4.79 Å². The lowest BCUT2D eigenvalue weighted by molar-refractivity contribution is -0.142. The van der Waals surface area contributed by atoms with Crippen molar-refractivity contribution in [2.24, 2.45) is 0 Å². The van der Waals surface area contributed by atoms with Gasteiger partial charge in [-0.25, -0.2) is 9.37 Å². The third kappa shape index (κ3) is 3.68. The molecule has 2 heterocycles. The molecule has 1 aromatic heterocycles. The quantitative estimate of drug-likeness (QED) is 0.934. The highest BCUT2D eigenvalue weighted by Gasteiger charge is 2.30. The lowest BCUT2D eigenvalue weighted by Gasteiger charge is -2.34. The second-order valence-corrected chi connectivity index (χ2v) is 5.38. The zero-order chi connectivity index (χ0) is 16.2. The van der Waals surface area contributed by atoms with E-state index < -0.39 is 5.82 Å². The number of H-pyrrole nitrogens is 1. The van der Waals surface area contributed by atoms with Gasteiger partial charge in [0, 0.05) is 24.5 Å². The number of rotatable bonds is 4. The predicted molar refractivity (Wildman–Crippen MR) is 80.5 cm³/mol. The van der Waals surface area contributed by atoms with Crippen LogP contribution in [-0.4, -0.2) is 47.1 Å². The van der Waals surface area contributed by atoms with E-state index in [1.54, 1.807) is 17.2 Å². The van der Waals surface area contributed by atoms with Crippen LogP contribution in [0.25, 0.3) is 0 Å². The Labute approximate surface area is 133 Å². The molecule has 0 spiro atoms. The molecule has 0 saturated carbocycles. The number of morpholine rings is 1. The van der Waals surface area contributed by atoms with E-state index >= 15 is 0 Å². The third-order valence-electron chi connectivity index (χ3n) is 3.65. The molecule has 1 unspecified atom stereocenters. The molecule has 6 nitrogen and oxygen atoms in total. The maximum absolute atomic E-state index is 13.1. The van der Waals surface area contributed by atoms with Crippen molar-refractivity contribution in [3.63, 3.8) is 0 Å². The number of nitrogens with zero attached hydrogens (tertiary/aromatic N) is 2. The summed E-state index contributed by atoms with van der Waals surface area (Å²) in [6, 6.07) is 5.47. The van der Waals surface area contributed by atoms with E-state index in [1.165, 1.54) is 18.2 Å². The number of nitrogens with one attached hydrogen (secondary N) is 1. The first-order valence-corrected chi connectivity index (χ1v) is 7.40. The highest BCUT2D eigenvalue weighted by atomic mass is 19.1. The predicted octanol–water partition coefficient (Wildman–Crippen LogP) is 1.84. The van der Waals surface area contributed by atoms with Crippen molar-refractivity contribution in [1.82, 2.24) is 14.9 Å². The normalized spacial score (nSPS) is 18.0. The molecule has 2 aromatic rings. The van der Waals surface area contributed by atoms with E-state index in [4.69, 9.17) is 9.47 Å². The summed E-state index contributed by atoms with van der Waals surface area (Å²) in [6.07, 6.45) is 1.72. The number of aromatic amines is 1. The van der Waals surface area contributed by atoms with Crippen LogP contribution in [0.2, 0.25) is 0 Å². The summed E-state index contributed by atoms with van der Waals surface area (Å²) in [7, 11) is 0. The molecule has 0 aliphatic carbocycles. The van der Waals surface area contributed by atoms with Gasteiger partial charge >= 0.3 is 0 Å². The summed E-state index contributed by atoms with van der Waals surface area (Å²) in [5.74, 6) is 0.445. The zero-order valence-corrected chi connectivity index (χ0v) is 12.8. The van der Waals surface area contributed by atoms with Gasteiger partial charge in [-0.05, 0) is 19.1 Å². The lowest BCUT2D eigenvalue weighted by atomic mass is 10.2. The summed E-state index contributed by atoms with van der Waals surface area (Å²) >= 11 is 0. The molecule has 1 amide bonds. The van der Waals surface area contributed by atoms with Crippen molar-refractivity contribution in [2.45, 2.75) is 13.0 Å². The highest BCUT2D eigenvalue weighted by molar-refractivity contribution is 5.78. The standard InChI is InChI=1S/C16H18FN3O3/c1-11-8-18-16(19-11)14-9-22-6-5-20(14)15(21)10-23-13-4-2-3-12(17)7-13/h2-4,7-8,14H,5-6,9-10H2,1H3,(H,18,19). The van der Waals surface area contributed by atoms with Gasteiger partial charge in [-0.15, -0.1) is 0 Å². The van der Waals surface area contributed by atoms with Gasteiger partial charge in [-0.1, -0.05) is 6.07 Å². The van der Waals surface area contributed by atoms with E-state index in [0.717, 1.165) is 5.69 Å². The molecule has 7 heteroatoms. The van der Waals surface area contributed by atoms with Crippen LogP contribution in [0.15, 0.2) is 30.5 Å². The average Bonchev–Trinajstić information content (AvgIpc) is 2.99. The summed E-state index contributed by atoms with van der Waals surface area (Å²) < 4.78 is 24.0. The molecule has 1 aliphatic rings. The Kier molecular flexibility index (Phi) is 4.57. The van der Waals surface area contributed by atoms with Crippen molar-refractivity contribution < 1.29 is 18.7 Å². The molecule has 1 aliphatic heterocycles. The van der Waals surface area contributed by atoms with E-state index in [2.05, 4.69) is 9.97 Å². The van der Waals surface area contributed by atoms with Crippen LogP contribution in [0, 0.1) is 12.7 Å². The van der Waals surface area contributed by atoms with Gasteiger partial charge in [0.25, 0.3) is 5.91 Å². The molecule has 1 aromatic carbocycles. The van der Waals surface area contributed by atoms with E-state index in [0.29, 0.717) is 31.3 Å². The van der Waals surface area contributed by atoms with Crippen LogP contribution >= 0.6 is 0 Å². The molecule has 1 N–H and O–H groups in total. The number of hydrogen-bond acceptors (Lipinski definition) is 4. The first-order chi connectivity index (χ1) is 11.1. The zero-order valence-electron chi connectivity index (χ0n) is 12.8. The van der Waals surface area contributed by atoms with Gasteiger partial charge < -0.3 is 19.4 Å². The molecule has 23 heavy (non-hydrogen) atoms. The number of carbonyl (C=O) groups excluding carboxylic acids is 1. The smallest absolute Gasteiger partial charge is 0.261 e. The van der Waals surface area contributed by atoms with E-state index in [-0.39, 0.29) is 18.6 Å². The number of aromatic nitrogens is 2. The number of aryl methyl sites for hydroxylation is 1. The van der Waals surface area contributed by atoms with Crippen LogP contribution in [0.1, 0.15) is 17.6 Å². The lowest BCUT2D eigenvalue weighted by Crippen LogP contribution is -2.45. The van der Waals surface area contributed by atoms with E-state index in [9.17, 15) is 9.18 Å². The Bertz CT molecular complexity index is 689. The fourth-order valence-corrected chi connectivity index (χ4v) is 2.52. The molecular weight excluding hydrogens is 301 g/mol. The highest BCUT2D eigenvalue weighted by Crippen LogP contribution is 2.22. The number of ether oxygens (including phenoxy) is 2. The Morgan fingerprint density at radius 1 is 1.57 bits per heavy atom. The Morgan fingerprint density at radius 2 is 2.43 bits per heavy atom. The number of hydrogen-bond donors (Lipinski definition) is 1. The van der Waals surface area contributed by atoms with Gasteiger partial charge in [0.15, 0.2) is 6.61 Å². The molecule has 122 valence electrons. The monoisotopic (exact) mass is 319 g/mol. The molecule has 1 saturated heterocycles. The molecular formula is C16H18FN3O3. The van der Waals surface area contributed by atoms with Gasteiger partial charge in [0.2, 0.25) is 0 Å². The molecule has 0 bridgehead atoms.